The van der Waals surface area contributed by atoms with Gasteiger partial charge in [0, 0.05) is 39.4 Å². The van der Waals surface area contributed by atoms with Crippen molar-refractivity contribution in [3.8, 4) is 0 Å². The average molecular weight is 472 g/mol. The molecule has 3 aliphatic rings. The van der Waals surface area contributed by atoms with Crippen molar-refractivity contribution < 1.29 is 23.9 Å². The minimum atomic E-state index is -0.771. The summed E-state index contributed by atoms with van der Waals surface area (Å²) >= 11 is 0. The van der Waals surface area contributed by atoms with E-state index in [1.54, 1.807) is 35.9 Å². The summed E-state index contributed by atoms with van der Waals surface area (Å²) in [6, 6.07) is 3.10. The number of carbonyl (C=O) groups excluding carboxylic acids is 4. The SMILES string of the molecule is CCOC(=O)c1ccc(N2CCCN(C(=O)CN3C(=O)N(C)C4(CCCCC4)C3=O)CC2)nc1. The molecule has 0 radical (unpaired) electrons. The molecule has 3 fully saturated rings. The van der Waals surface area contributed by atoms with Crippen molar-refractivity contribution in [3.05, 3.63) is 23.9 Å². The lowest BCUT2D eigenvalue weighted by atomic mass is 9.81. The zero-order valence-electron chi connectivity index (χ0n) is 20.0. The lowest BCUT2D eigenvalue weighted by Gasteiger charge is -2.35. The van der Waals surface area contributed by atoms with Crippen molar-refractivity contribution in [1.82, 2.24) is 19.7 Å². The minimum Gasteiger partial charge on any atom is -0.462 e. The zero-order chi connectivity index (χ0) is 24.3. The summed E-state index contributed by atoms with van der Waals surface area (Å²) < 4.78 is 5.00. The number of aromatic nitrogens is 1. The van der Waals surface area contributed by atoms with Crippen LogP contribution in [0.3, 0.4) is 0 Å². The van der Waals surface area contributed by atoms with Gasteiger partial charge in [0.15, 0.2) is 0 Å². The van der Waals surface area contributed by atoms with Gasteiger partial charge in [-0.05, 0) is 38.3 Å². The highest BCUT2D eigenvalue weighted by Gasteiger charge is 2.56. The standard InChI is InChI=1S/C24H33N5O5/c1-3-34-21(31)18-8-9-19(25-16-18)27-12-7-13-28(15-14-27)20(30)17-29-22(32)24(26(2)23(29)33)10-5-4-6-11-24/h8-9,16H,3-7,10-15,17H2,1-2H3. The highest BCUT2D eigenvalue weighted by Crippen LogP contribution is 2.39. The molecular weight excluding hydrogens is 438 g/mol. The van der Waals surface area contributed by atoms with E-state index in [9.17, 15) is 19.2 Å². The number of amides is 4. The fourth-order valence-electron chi connectivity index (χ4n) is 5.21. The Kier molecular flexibility index (Phi) is 7.04. The molecule has 4 rings (SSSR count). The molecule has 10 nitrogen and oxygen atoms in total. The lowest BCUT2D eigenvalue weighted by molar-refractivity contribution is -0.140. The Labute approximate surface area is 199 Å². The van der Waals surface area contributed by atoms with Crippen LogP contribution in [0, 0.1) is 0 Å². The molecule has 4 amide bonds. The molecule has 0 aromatic carbocycles. The normalized spacial score (nSPS) is 20.6. The van der Waals surface area contributed by atoms with Crippen molar-refractivity contribution in [2.75, 3.05) is 51.3 Å². The van der Waals surface area contributed by atoms with Gasteiger partial charge in [-0.1, -0.05) is 19.3 Å². The summed E-state index contributed by atoms with van der Waals surface area (Å²) in [5.74, 6) is -0.111. The second kappa shape index (κ2) is 9.99. The van der Waals surface area contributed by atoms with Crippen LogP contribution < -0.4 is 4.90 Å². The zero-order valence-corrected chi connectivity index (χ0v) is 20.0. The van der Waals surface area contributed by atoms with Crippen LogP contribution in [0.4, 0.5) is 10.6 Å². The van der Waals surface area contributed by atoms with Gasteiger partial charge in [-0.15, -0.1) is 0 Å². The van der Waals surface area contributed by atoms with Gasteiger partial charge in [-0.3, -0.25) is 14.5 Å². The molecule has 184 valence electrons. The number of hydrogen-bond acceptors (Lipinski definition) is 7. The van der Waals surface area contributed by atoms with E-state index in [0.29, 0.717) is 51.2 Å². The quantitative estimate of drug-likeness (QED) is 0.477. The summed E-state index contributed by atoms with van der Waals surface area (Å²) in [5.41, 5.74) is -0.370. The molecule has 0 unspecified atom stereocenters. The molecule has 0 N–H and O–H groups in total. The van der Waals surface area contributed by atoms with Crippen LogP contribution in [0.2, 0.25) is 0 Å². The number of ether oxygens (including phenoxy) is 1. The molecule has 1 saturated carbocycles. The average Bonchev–Trinajstić information content (AvgIpc) is 3.06. The molecule has 1 aromatic rings. The molecule has 1 aromatic heterocycles. The summed E-state index contributed by atoms with van der Waals surface area (Å²) in [6.07, 6.45) is 6.48. The van der Waals surface area contributed by atoms with E-state index in [4.69, 9.17) is 4.74 Å². The monoisotopic (exact) mass is 471 g/mol. The van der Waals surface area contributed by atoms with Crippen LogP contribution in [-0.2, 0) is 14.3 Å². The van der Waals surface area contributed by atoms with E-state index in [1.807, 2.05) is 0 Å². The van der Waals surface area contributed by atoms with Crippen LogP contribution in [-0.4, -0.2) is 95.4 Å². The van der Waals surface area contributed by atoms with E-state index in [0.717, 1.165) is 36.4 Å². The number of nitrogens with zero attached hydrogens (tertiary/aromatic N) is 5. The van der Waals surface area contributed by atoms with E-state index >= 15 is 0 Å². The van der Waals surface area contributed by atoms with E-state index in [1.165, 1.54) is 6.20 Å². The Balaban J connectivity index is 1.36. The van der Waals surface area contributed by atoms with E-state index < -0.39 is 11.5 Å². The van der Waals surface area contributed by atoms with E-state index in [-0.39, 0.29) is 24.4 Å². The van der Waals surface area contributed by atoms with Crippen LogP contribution in [0.15, 0.2) is 18.3 Å². The Bertz CT molecular complexity index is 944. The highest BCUT2D eigenvalue weighted by atomic mass is 16.5. The predicted octanol–water partition coefficient (Wildman–Crippen LogP) is 1.89. The largest absolute Gasteiger partial charge is 0.462 e. The number of imide groups is 1. The Morgan fingerprint density at radius 3 is 2.47 bits per heavy atom. The van der Waals surface area contributed by atoms with Gasteiger partial charge in [-0.25, -0.2) is 14.6 Å². The van der Waals surface area contributed by atoms with Crippen molar-refractivity contribution >= 4 is 29.6 Å². The van der Waals surface area contributed by atoms with Gasteiger partial charge in [0.05, 0.1) is 12.2 Å². The predicted molar refractivity (Wildman–Crippen MR) is 124 cm³/mol. The van der Waals surface area contributed by atoms with Crippen molar-refractivity contribution in [3.63, 3.8) is 0 Å². The molecule has 1 aliphatic carbocycles. The van der Waals surface area contributed by atoms with Gasteiger partial charge in [0.2, 0.25) is 5.91 Å². The summed E-state index contributed by atoms with van der Waals surface area (Å²) in [5, 5.41) is 0. The topological polar surface area (TPSA) is 103 Å². The van der Waals surface area contributed by atoms with Gasteiger partial charge in [0.1, 0.15) is 17.9 Å². The molecular formula is C24H33N5O5. The first-order chi connectivity index (χ1) is 16.4. The third-order valence-electron chi connectivity index (χ3n) is 7.21. The van der Waals surface area contributed by atoms with Crippen molar-refractivity contribution in [1.29, 1.82) is 0 Å². The number of urea groups is 1. The number of hydrogen-bond donors (Lipinski definition) is 0. The highest BCUT2D eigenvalue weighted by molar-refractivity contribution is 6.09. The Hall–Kier alpha value is -3.17. The molecule has 0 bridgehead atoms. The molecule has 3 heterocycles. The van der Waals surface area contributed by atoms with Crippen LogP contribution in [0.1, 0.15) is 55.8 Å². The summed E-state index contributed by atoms with van der Waals surface area (Å²) in [4.78, 5) is 61.8. The molecule has 0 atom stereocenters. The Morgan fingerprint density at radius 2 is 1.79 bits per heavy atom. The van der Waals surface area contributed by atoms with Crippen LogP contribution in [0.25, 0.3) is 0 Å². The molecule has 2 aliphatic heterocycles. The third kappa shape index (κ3) is 4.45. The maximum Gasteiger partial charge on any atom is 0.339 e. The van der Waals surface area contributed by atoms with Crippen LogP contribution >= 0.6 is 0 Å². The van der Waals surface area contributed by atoms with Crippen LogP contribution in [0.5, 0.6) is 0 Å². The Morgan fingerprint density at radius 1 is 1.03 bits per heavy atom. The number of pyridine rings is 1. The number of likely N-dealkylation sites (N-methyl/N-ethyl adjacent to an activating group) is 1. The third-order valence-corrected chi connectivity index (χ3v) is 7.21. The summed E-state index contributed by atoms with van der Waals surface area (Å²) in [7, 11) is 1.68. The van der Waals surface area contributed by atoms with Gasteiger partial charge in [0.25, 0.3) is 5.91 Å². The van der Waals surface area contributed by atoms with Gasteiger partial charge >= 0.3 is 12.0 Å². The smallest absolute Gasteiger partial charge is 0.339 e. The van der Waals surface area contributed by atoms with Gasteiger partial charge in [-0.2, -0.15) is 0 Å². The molecule has 2 saturated heterocycles. The minimum absolute atomic E-state index is 0.212. The molecule has 10 heteroatoms. The fraction of sp³-hybridized carbons (Fsp3) is 0.625. The first kappa shape index (κ1) is 24.0. The number of anilines is 1. The first-order valence-corrected chi connectivity index (χ1v) is 12.1. The maximum absolute atomic E-state index is 13.2. The fourth-order valence-corrected chi connectivity index (χ4v) is 5.21. The second-order valence-corrected chi connectivity index (χ2v) is 9.17. The molecule has 1 spiro atoms. The second-order valence-electron chi connectivity index (χ2n) is 9.17. The maximum atomic E-state index is 13.2. The van der Waals surface area contributed by atoms with Crippen molar-refractivity contribution in [2.45, 2.75) is 51.0 Å². The number of rotatable bonds is 5. The number of carbonyl (C=O) groups is 4. The van der Waals surface area contributed by atoms with Gasteiger partial charge < -0.3 is 19.4 Å². The lowest BCUT2D eigenvalue weighted by Crippen LogP contribution is -2.49. The first-order valence-electron chi connectivity index (χ1n) is 12.1. The molecule has 34 heavy (non-hydrogen) atoms. The van der Waals surface area contributed by atoms with E-state index in [2.05, 4.69) is 9.88 Å². The number of esters is 1. The summed E-state index contributed by atoms with van der Waals surface area (Å²) in [6.45, 7) is 4.15. The van der Waals surface area contributed by atoms with Crippen molar-refractivity contribution in [2.24, 2.45) is 0 Å².